The van der Waals surface area contributed by atoms with E-state index in [1.165, 1.54) is 0 Å². The van der Waals surface area contributed by atoms with Crippen LogP contribution >= 0.6 is 0 Å². The van der Waals surface area contributed by atoms with Crippen molar-refractivity contribution in [3.63, 3.8) is 0 Å². The zero-order chi connectivity index (χ0) is 17.6. The van der Waals surface area contributed by atoms with E-state index in [4.69, 9.17) is 4.42 Å². The summed E-state index contributed by atoms with van der Waals surface area (Å²) >= 11 is 0. The van der Waals surface area contributed by atoms with Gasteiger partial charge in [-0.2, -0.15) is 0 Å². The minimum atomic E-state index is -0.0674. The zero-order valence-electron chi connectivity index (χ0n) is 14.4. The molecule has 0 aliphatic carbocycles. The quantitative estimate of drug-likeness (QED) is 0.731. The van der Waals surface area contributed by atoms with Crippen molar-refractivity contribution in [3.05, 3.63) is 78.0 Å². The summed E-state index contributed by atoms with van der Waals surface area (Å²) in [5.74, 6) is 0.758. The van der Waals surface area contributed by atoms with Crippen molar-refractivity contribution in [3.8, 4) is 0 Å². The van der Waals surface area contributed by atoms with Gasteiger partial charge in [0.25, 0.3) is 5.91 Å². The first-order valence-electron chi connectivity index (χ1n) is 8.27. The number of furan rings is 1. The van der Waals surface area contributed by atoms with Crippen LogP contribution in [0.25, 0.3) is 0 Å². The maximum Gasteiger partial charge on any atom is 0.259 e. The van der Waals surface area contributed by atoms with Crippen molar-refractivity contribution in [2.75, 3.05) is 16.8 Å². The highest BCUT2D eigenvalue weighted by Crippen LogP contribution is 2.20. The molecule has 0 aliphatic heterocycles. The van der Waals surface area contributed by atoms with Gasteiger partial charge < -0.3 is 14.6 Å². The number of nitrogens with one attached hydrogen (secondary N) is 1. The molecule has 1 aromatic carbocycles. The maximum atomic E-state index is 12.9. The molecule has 0 aliphatic rings. The van der Waals surface area contributed by atoms with Gasteiger partial charge in [0, 0.05) is 24.6 Å². The molecule has 2 aromatic heterocycles. The molecule has 3 rings (SSSR count). The first-order chi connectivity index (χ1) is 12.2. The Morgan fingerprint density at radius 1 is 1.20 bits per heavy atom. The molecule has 2 heterocycles. The van der Waals surface area contributed by atoms with Gasteiger partial charge in [0.05, 0.1) is 24.1 Å². The van der Waals surface area contributed by atoms with E-state index in [0.29, 0.717) is 18.7 Å². The maximum absolute atomic E-state index is 12.9. The average Bonchev–Trinajstić information content (AvgIpc) is 3.14. The summed E-state index contributed by atoms with van der Waals surface area (Å²) in [6.45, 7) is 5.11. The van der Waals surface area contributed by atoms with Gasteiger partial charge >= 0.3 is 0 Å². The number of nitrogens with zero attached hydrogens (tertiary/aromatic N) is 2. The van der Waals surface area contributed by atoms with E-state index in [1.807, 2.05) is 56.3 Å². The molecular weight excluding hydrogens is 314 g/mol. The topological polar surface area (TPSA) is 58.4 Å². The molecule has 3 aromatic rings. The van der Waals surface area contributed by atoms with Crippen molar-refractivity contribution in [1.29, 1.82) is 0 Å². The lowest BCUT2D eigenvalue weighted by molar-refractivity contribution is 0.0988. The van der Waals surface area contributed by atoms with E-state index in [9.17, 15) is 4.79 Å². The van der Waals surface area contributed by atoms with Crippen LogP contribution < -0.4 is 10.2 Å². The van der Waals surface area contributed by atoms with Crippen LogP contribution in [0.2, 0.25) is 0 Å². The molecule has 128 valence electrons. The smallest absolute Gasteiger partial charge is 0.259 e. The minimum Gasteiger partial charge on any atom is -0.467 e. The molecule has 1 N–H and O–H groups in total. The second kappa shape index (κ2) is 7.66. The van der Waals surface area contributed by atoms with Gasteiger partial charge in [0.15, 0.2) is 0 Å². The summed E-state index contributed by atoms with van der Waals surface area (Å²) in [4.78, 5) is 18.9. The van der Waals surface area contributed by atoms with Gasteiger partial charge in [-0.25, -0.2) is 0 Å². The highest BCUT2D eigenvalue weighted by atomic mass is 16.3. The van der Waals surface area contributed by atoms with E-state index >= 15 is 0 Å². The Kier molecular flexibility index (Phi) is 5.14. The highest BCUT2D eigenvalue weighted by molar-refractivity contribution is 6.06. The molecule has 0 atom stereocenters. The average molecular weight is 335 g/mol. The van der Waals surface area contributed by atoms with Crippen LogP contribution in [0.1, 0.15) is 28.6 Å². The molecule has 5 heteroatoms. The third-order valence-corrected chi connectivity index (χ3v) is 3.91. The number of rotatable bonds is 6. The normalized spacial score (nSPS) is 10.5. The Hall–Kier alpha value is -3.08. The summed E-state index contributed by atoms with van der Waals surface area (Å²) in [6, 6.07) is 13.5. The Balaban J connectivity index is 1.77. The molecule has 0 saturated heterocycles. The standard InChI is InChI=1S/C20H21N3O2/c1-3-23(18-7-4-6-15(2)10-18)20(24)16-11-17(13-21-12-16)22-14-19-8-5-9-25-19/h4-13,22H,3,14H2,1-2H3. The van der Waals surface area contributed by atoms with E-state index in [2.05, 4.69) is 10.3 Å². The van der Waals surface area contributed by atoms with Crippen LogP contribution in [-0.2, 0) is 6.54 Å². The number of pyridine rings is 1. The number of anilines is 2. The van der Waals surface area contributed by atoms with Gasteiger partial charge in [0.1, 0.15) is 5.76 Å². The van der Waals surface area contributed by atoms with Gasteiger partial charge in [0.2, 0.25) is 0 Å². The molecule has 25 heavy (non-hydrogen) atoms. The predicted molar refractivity (Wildman–Crippen MR) is 98.8 cm³/mol. The molecule has 5 nitrogen and oxygen atoms in total. The molecule has 0 unspecified atom stereocenters. The van der Waals surface area contributed by atoms with Crippen LogP contribution in [-0.4, -0.2) is 17.4 Å². The lowest BCUT2D eigenvalue weighted by Crippen LogP contribution is -2.30. The molecule has 0 saturated carbocycles. The molecule has 0 radical (unpaired) electrons. The number of carbonyl (C=O) groups is 1. The fourth-order valence-corrected chi connectivity index (χ4v) is 2.65. The van der Waals surface area contributed by atoms with Crippen LogP contribution in [0.3, 0.4) is 0 Å². The van der Waals surface area contributed by atoms with Crippen molar-refractivity contribution >= 4 is 17.3 Å². The number of hydrogen-bond acceptors (Lipinski definition) is 4. The van der Waals surface area contributed by atoms with Crippen molar-refractivity contribution in [1.82, 2.24) is 4.98 Å². The number of aryl methyl sites for hydroxylation is 1. The number of hydrogen-bond donors (Lipinski definition) is 1. The predicted octanol–water partition coefficient (Wildman–Crippen LogP) is 4.26. The van der Waals surface area contributed by atoms with Crippen LogP contribution in [0.15, 0.2) is 65.5 Å². The monoisotopic (exact) mass is 335 g/mol. The molecule has 0 fully saturated rings. The summed E-state index contributed by atoms with van der Waals surface area (Å²) in [7, 11) is 0. The number of benzene rings is 1. The fraction of sp³-hybridized carbons (Fsp3) is 0.200. The molecule has 0 spiro atoms. The van der Waals surface area contributed by atoms with Crippen LogP contribution in [0.5, 0.6) is 0 Å². The Labute approximate surface area is 147 Å². The van der Waals surface area contributed by atoms with Crippen LogP contribution in [0, 0.1) is 6.92 Å². The fourth-order valence-electron chi connectivity index (χ4n) is 2.65. The zero-order valence-corrected chi connectivity index (χ0v) is 14.4. The van der Waals surface area contributed by atoms with Gasteiger partial charge in [-0.15, -0.1) is 0 Å². The third kappa shape index (κ3) is 4.07. The number of amides is 1. The van der Waals surface area contributed by atoms with E-state index in [-0.39, 0.29) is 5.91 Å². The number of carbonyl (C=O) groups excluding carboxylic acids is 1. The molecule has 1 amide bonds. The van der Waals surface area contributed by atoms with Gasteiger partial charge in [-0.05, 0) is 49.7 Å². The summed E-state index contributed by atoms with van der Waals surface area (Å²) in [5.41, 5.74) is 3.34. The van der Waals surface area contributed by atoms with Crippen molar-refractivity contribution < 1.29 is 9.21 Å². The van der Waals surface area contributed by atoms with Crippen molar-refractivity contribution in [2.45, 2.75) is 20.4 Å². The lowest BCUT2D eigenvalue weighted by atomic mass is 10.1. The first kappa shape index (κ1) is 16.8. The number of aromatic nitrogens is 1. The van der Waals surface area contributed by atoms with Crippen molar-refractivity contribution in [2.24, 2.45) is 0 Å². The largest absolute Gasteiger partial charge is 0.467 e. The Morgan fingerprint density at radius 3 is 2.80 bits per heavy atom. The second-order valence-electron chi connectivity index (χ2n) is 5.78. The Morgan fingerprint density at radius 2 is 2.08 bits per heavy atom. The summed E-state index contributed by atoms with van der Waals surface area (Å²) < 4.78 is 5.30. The highest BCUT2D eigenvalue weighted by Gasteiger charge is 2.17. The first-order valence-corrected chi connectivity index (χ1v) is 8.27. The van der Waals surface area contributed by atoms with Gasteiger partial charge in [-0.3, -0.25) is 9.78 Å². The van der Waals surface area contributed by atoms with Crippen LogP contribution in [0.4, 0.5) is 11.4 Å². The SMILES string of the molecule is CCN(C(=O)c1cncc(NCc2ccco2)c1)c1cccc(C)c1. The minimum absolute atomic E-state index is 0.0674. The third-order valence-electron chi connectivity index (χ3n) is 3.91. The molecule has 0 bridgehead atoms. The van der Waals surface area contributed by atoms with E-state index in [0.717, 1.165) is 22.7 Å². The van der Waals surface area contributed by atoms with E-state index in [1.54, 1.807) is 23.6 Å². The molecular formula is C20H21N3O2. The van der Waals surface area contributed by atoms with Gasteiger partial charge in [-0.1, -0.05) is 12.1 Å². The second-order valence-corrected chi connectivity index (χ2v) is 5.78. The lowest BCUT2D eigenvalue weighted by Gasteiger charge is -2.21. The summed E-state index contributed by atoms with van der Waals surface area (Å²) in [6.07, 6.45) is 4.93. The van der Waals surface area contributed by atoms with E-state index < -0.39 is 0 Å². The summed E-state index contributed by atoms with van der Waals surface area (Å²) in [5, 5.41) is 3.22. The Bertz CT molecular complexity index is 844.